The van der Waals surface area contributed by atoms with E-state index in [4.69, 9.17) is 23.1 Å². The van der Waals surface area contributed by atoms with Gasteiger partial charge >= 0.3 is 0 Å². The Bertz CT molecular complexity index is 1360. The maximum absolute atomic E-state index is 11.5. The molecule has 5 N–H and O–H groups in total. The van der Waals surface area contributed by atoms with Crippen LogP contribution in [-0.2, 0) is 11.2 Å². The highest BCUT2D eigenvalue weighted by Crippen LogP contribution is 2.51. The summed E-state index contributed by atoms with van der Waals surface area (Å²) in [5, 5.41) is 3.68. The van der Waals surface area contributed by atoms with Crippen LogP contribution in [-0.4, -0.2) is 41.0 Å². The molecule has 2 aliphatic rings. The zero-order valence-electron chi connectivity index (χ0n) is 19.8. The number of nitrogens with one attached hydrogen (secondary N) is 1. The largest absolute Gasteiger partial charge is 0.382 e. The maximum Gasteiger partial charge on any atom is 0.295 e. The van der Waals surface area contributed by atoms with E-state index in [9.17, 15) is 4.79 Å². The number of carbonyl (C=O) groups is 1. The van der Waals surface area contributed by atoms with Crippen LogP contribution in [0.5, 0.6) is 0 Å². The number of nitrogens with zero attached hydrogens (tertiary/aromatic N) is 4. The van der Waals surface area contributed by atoms with Crippen molar-refractivity contribution in [1.82, 2.24) is 20.3 Å². The lowest BCUT2D eigenvalue weighted by atomic mass is 9.73. The molecule has 184 valence electrons. The highest BCUT2D eigenvalue weighted by molar-refractivity contribution is 7.99. The fourth-order valence-corrected chi connectivity index (χ4v) is 5.95. The van der Waals surface area contributed by atoms with Crippen LogP contribution in [0.3, 0.4) is 0 Å². The number of halogens is 1. The Morgan fingerprint density at radius 1 is 1.22 bits per heavy atom. The van der Waals surface area contributed by atoms with E-state index in [0.29, 0.717) is 10.8 Å². The average Bonchev–Trinajstić information content (AvgIpc) is 3.16. The van der Waals surface area contributed by atoms with Crippen LogP contribution >= 0.6 is 23.4 Å². The van der Waals surface area contributed by atoms with Gasteiger partial charge in [-0.3, -0.25) is 4.79 Å². The second-order valence-corrected chi connectivity index (χ2v) is 10.5. The Balaban J connectivity index is 1.24. The van der Waals surface area contributed by atoms with Crippen LogP contribution in [0, 0.1) is 17.3 Å². The van der Waals surface area contributed by atoms with Crippen LogP contribution in [0.15, 0.2) is 52.8 Å². The first-order valence-corrected chi connectivity index (χ1v) is 12.8. The molecule has 0 unspecified atom stereocenters. The molecule has 1 atom stereocenters. The van der Waals surface area contributed by atoms with E-state index in [1.807, 2.05) is 18.2 Å². The zero-order valence-corrected chi connectivity index (χ0v) is 21.4. The number of hydrogen-bond acceptors (Lipinski definition) is 8. The van der Waals surface area contributed by atoms with Crippen molar-refractivity contribution in [3.63, 3.8) is 0 Å². The third-order valence-electron chi connectivity index (χ3n) is 7.02. The van der Waals surface area contributed by atoms with Crippen molar-refractivity contribution in [2.75, 3.05) is 30.8 Å². The molecule has 5 rings (SSSR count). The Labute approximate surface area is 219 Å². The summed E-state index contributed by atoms with van der Waals surface area (Å²) < 4.78 is 0. The van der Waals surface area contributed by atoms with E-state index in [-0.39, 0.29) is 17.4 Å². The number of nitrogens with two attached hydrogens (primary N) is 2. The molecule has 3 aromatic rings. The molecule has 1 saturated heterocycles. The van der Waals surface area contributed by atoms with E-state index in [0.717, 1.165) is 59.2 Å². The van der Waals surface area contributed by atoms with Crippen molar-refractivity contribution >= 4 is 40.9 Å². The third-order valence-corrected chi connectivity index (χ3v) is 8.51. The Morgan fingerprint density at radius 3 is 2.75 bits per heavy atom. The summed E-state index contributed by atoms with van der Waals surface area (Å²) >= 11 is 7.65. The molecule has 0 bridgehead atoms. The Morgan fingerprint density at radius 2 is 2.03 bits per heavy atom. The maximum atomic E-state index is 11.5. The molecule has 1 aliphatic heterocycles. The van der Waals surface area contributed by atoms with Crippen LogP contribution in [0.1, 0.15) is 35.6 Å². The number of piperidine rings is 1. The molecule has 1 aliphatic carbocycles. The van der Waals surface area contributed by atoms with Crippen LogP contribution < -0.4 is 21.7 Å². The lowest BCUT2D eigenvalue weighted by Gasteiger charge is -2.42. The standard InChI is InChI=1S/C26H26ClN7OS/c1-30-21(35)5-3-16-2-4-17-13-26(24(28)18(17)12-16)7-10-34(11-8-26)20-14-33-22(15-32-20)36-19-6-9-31-25(29)23(19)27/h2,4,6,9,12,14-15,24H,7-8,10-11,13,28H2,1H3,(H2,29,31)(H,30,35)/t24-/m1/s1. The molecule has 1 fully saturated rings. The number of rotatable bonds is 3. The summed E-state index contributed by atoms with van der Waals surface area (Å²) in [6.07, 6.45) is 8.07. The van der Waals surface area contributed by atoms with Gasteiger partial charge in [-0.2, -0.15) is 0 Å². The van der Waals surface area contributed by atoms with E-state index >= 15 is 0 Å². The first kappa shape index (κ1) is 24.4. The summed E-state index contributed by atoms with van der Waals surface area (Å²) in [5.74, 6) is 6.38. The second-order valence-electron chi connectivity index (χ2n) is 9.07. The number of nitrogen functional groups attached to an aromatic ring is 1. The van der Waals surface area contributed by atoms with E-state index in [1.54, 1.807) is 25.6 Å². The molecule has 1 spiro atoms. The molecule has 8 nitrogen and oxygen atoms in total. The lowest BCUT2D eigenvalue weighted by Crippen LogP contribution is -2.44. The smallest absolute Gasteiger partial charge is 0.295 e. The summed E-state index contributed by atoms with van der Waals surface area (Å²) in [7, 11) is 1.57. The molecule has 10 heteroatoms. The second kappa shape index (κ2) is 9.97. The predicted octanol–water partition coefficient (Wildman–Crippen LogP) is 3.20. The first-order valence-electron chi connectivity index (χ1n) is 11.7. The number of hydrogen-bond donors (Lipinski definition) is 3. The third kappa shape index (κ3) is 4.72. The monoisotopic (exact) mass is 519 g/mol. The van der Waals surface area contributed by atoms with Gasteiger partial charge in [0.25, 0.3) is 5.91 Å². The van der Waals surface area contributed by atoms with Gasteiger partial charge in [0.2, 0.25) is 0 Å². The minimum absolute atomic E-state index is 0.0208. The molecular weight excluding hydrogens is 494 g/mol. The summed E-state index contributed by atoms with van der Waals surface area (Å²) in [4.78, 5) is 27.7. The van der Waals surface area contributed by atoms with Gasteiger partial charge in [-0.1, -0.05) is 35.3 Å². The van der Waals surface area contributed by atoms with Gasteiger partial charge in [0, 0.05) is 48.8 Å². The topological polar surface area (TPSA) is 123 Å². The first-order chi connectivity index (χ1) is 17.4. The molecule has 3 heterocycles. The molecule has 0 saturated carbocycles. The van der Waals surface area contributed by atoms with Gasteiger partial charge in [-0.25, -0.2) is 15.0 Å². The molecule has 1 amide bonds. The van der Waals surface area contributed by atoms with Gasteiger partial charge in [0.15, 0.2) is 0 Å². The summed E-state index contributed by atoms with van der Waals surface area (Å²) in [6, 6.07) is 7.87. The fraction of sp³-hybridized carbons (Fsp3) is 0.308. The normalized spacial score (nSPS) is 17.9. The Kier molecular flexibility index (Phi) is 6.75. The van der Waals surface area contributed by atoms with E-state index in [2.05, 4.69) is 43.1 Å². The number of aromatic nitrogens is 3. The molecule has 2 aromatic heterocycles. The predicted molar refractivity (Wildman–Crippen MR) is 142 cm³/mol. The highest BCUT2D eigenvalue weighted by Gasteiger charge is 2.46. The van der Waals surface area contributed by atoms with Crippen molar-refractivity contribution in [3.05, 3.63) is 64.6 Å². The number of carbonyl (C=O) groups excluding carboxylic acids is 1. The number of amides is 1. The van der Waals surface area contributed by atoms with Crippen molar-refractivity contribution in [3.8, 4) is 11.8 Å². The zero-order chi connectivity index (χ0) is 25.3. The molecule has 36 heavy (non-hydrogen) atoms. The van der Waals surface area contributed by atoms with E-state index in [1.165, 1.54) is 17.3 Å². The van der Waals surface area contributed by atoms with Crippen LogP contribution in [0.2, 0.25) is 5.02 Å². The van der Waals surface area contributed by atoms with Gasteiger partial charge in [0.05, 0.1) is 17.4 Å². The SMILES string of the molecule is CNC(=O)C#Cc1ccc2c(c1)[C@@H](N)C1(CCN(c3cnc(Sc4ccnc(N)c4Cl)cn3)CC1)C2. The average molecular weight is 520 g/mol. The highest BCUT2D eigenvalue weighted by atomic mass is 35.5. The molecule has 1 aromatic carbocycles. The van der Waals surface area contributed by atoms with Crippen LogP contribution in [0.4, 0.5) is 11.6 Å². The minimum atomic E-state index is -0.302. The number of pyridine rings is 1. The van der Waals surface area contributed by atoms with Crippen molar-refractivity contribution in [2.45, 2.75) is 35.2 Å². The Hall–Kier alpha value is -3.32. The number of fused-ring (bicyclic) bond motifs is 1. The fourth-order valence-electron chi connectivity index (χ4n) is 4.96. The molecular formula is C26H26ClN7OS. The summed E-state index contributed by atoms with van der Waals surface area (Å²) in [6.45, 7) is 1.72. The number of benzene rings is 1. The van der Waals surface area contributed by atoms with Crippen molar-refractivity contribution in [1.29, 1.82) is 0 Å². The van der Waals surface area contributed by atoms with Gasteiger partial charge in [0.1, 0.15) is 16.7 Å². The van der Waals surface area contributed by atoms with Gasteiger partial charge in [-0.05, 0) is 54.0 Å². The van der Waals surface area contributed by atoms with Crippen molar-refractivity contribution in [2.24, 2.45) is 11.1 Å². The van der Waals surface area contributed by atoms with Crippen LogP contribution in [0.25, 0.3) is 0 Å². The molecule has 0 radical (unpaired) electrons. The summed E-state index contributed by atoms with van der Waals surface area (Å²) in [5.41, 5.74) is 15.8. The van der Waals surface area contributed by atoms with E-state index < -0.39 is 0 Å². The van der Waals surface area contributed by atoms with Crippen molar-refractivity contribution < 1.29 is 4.79 Å². The van der Waals surface area contributed by atoms with Gasteiger partial charge < -0.3 is 21.7 Å². The number of anilines is 2. The lowest BCUT2D eigenvalue weighted by molar-refractivity contribution is -0.115. The minimum Gasteiger partial charge on any atom is -0.382 e. The van der Waals surface area contributed by atoms with Gasteiger partial charge in [-0.15, -0.1) is 0 Å². The quantitative estimate of drug-likeness (QED) is 0.451.